The number of carbonyl (C=O) groups excluding carboxylic acids is 3. The van der Waals surface area contributed by atoms with Crippen LogP contribution in [0, 0.1) is 11.3 Å². The Morgan fingerprint density at radius 1 is 1.06 bits per heavy atom. The number of sulfonamides is 1. The van der Waals surface area contributed by atoms with E-state index < -0.39 is 27.7 Å². The largest absolute Gasteiger partial charge is 0.488 e. The zero-order valence-corrected chi connectivity index (χ0v) is 32.4. The Morgan fingerprint density at radius 2 is 1.78 bits per heavy atom. The number of amides is 4. The van der Waals surface area contributed by atoms with Gasteiger partial charge in [-0.05, 0) is 102 Å². The van der Waals surface area contributed by atoms with E-state index >= 15 is 0 Å². The Morgan fingerprint density at radius 3 is 2.43 bits per heavy atom. The molecule has 2 aromatic carbocycles. The van der Waals surface area contributed by atoms with Crippen LogP contribution in [0.15, 0.2) is 41.3 Å². The molecule has 0 bridgehead atoms. The van der Waals surface area contributed by atoms with Gasteiger partial charge in [-0.3, -0.25) is 24.6 Å². The van der Waals surface area contributed by atoms with E-state index in [0.717, 1.165) is 36.8 Å². The van der Waals surface area contributed by atoms with Crippen LogP contribution in [-0.2, 0) is 26.6 Å². The summed E-state index contributed by atoms with van der Waals surface area (Å²) in [5.74, 6) is 0.848. The molecule has 6 rings (SSSR count). The molecule has 3 fully saturated rings. The van der Waals surface area contributed by atoms with Gasteiger partial charge in [0, 0.05) is 57.1 Å². The normalized spacial score (nSPS) is 19.0. The summed E-state index contributed by atoms with van der Waals surface area (Å²) in [5, 5.41) is 20.5. The van der Waals surface area contributed by atoms with Crippen molar-refractivity contribution >= 4 is 44.8 Å². The van der Waals surface area contributed by atoms with E-state index in [1.54, 1.807) is 25.5 Å². The van der Waals surface area contributed by atoms with Crippen molar-refractivity contribution < 1.29 is 32.3 Å². The topological polar surface area (TPSA) is 179 Å². The maximum absolute atomic E-state index is 13.7. The Bertz CT molecular complexity index is 2040. The third kappa shape index (κ3) is 8.80. The number of nitrogens with one attached hydrogen (secondary N) is 2. The molecule has 4 heterocycles. The first-order valence-corrected chi connectivity index (χ1v) is 20.1. The molecule has 0 saturated carbocycles. The maximum Gasteiger partial charge on any atom is 0.407 e. The van der Waals surface area contributed by atoms with Crippen LogP contribution in [0.4, 0.5) is 15.4 Å². The smallest absolute Gasteiger partial charge is 0.407 e. The van der Waals surface area contributed by atoms with Crippen LogP contribution in [0.1, 0.15) is 83.3 Å². The zero-order valence-electron chi connectivity index (χ0n) is 31.6. The summed E-state index contributed by atoms with van der Waals surface area (Å²) < 4.78 is 42.3. The van der Waals surface area contributed by atoms with Crippen molar-refractivity contribution in [2.24, 2.45) is 7.05 Å². The van der Waals surface area contributed by atoms with E-state index in [4.69, 9.17) is 9.47 Å². The molecule has 3 saturated heterocycles. The van der Waals surface area contributed by atoms with Gasteiger partial charge in [0.15, 0.2) is 5.82 Å². The Hall–Kier alpha value is -4.72. The predicted octanol–water partition coefficient (Wildman–Crippen LogP) is 4.61. The number of likely N-dealkylation sites (tertiary alicyclic amines) is 1. The lowest BCUT2D eigenvalue weighted by Crippen LogP contribution is -2.49. The number of ether oxygens (including phenoxy) is 2. The van der Waals surface area contributed by atoms with Gasteiger partial charge in [0.2, 0.25) is 15.9 Å². The molecule has 4 amide bonds. The lowest BCUT2D eigenvalue weighted by molar-refractivity contribution is -0.120. The van der Waals surface area contributed by atoms with E-state index in [2.05, 4.69) is 38.8 Å². The minimum absolute atomic E-state index is 0.0672. The number of hydrogen-bond acceptors (Lipinski definition) is 10. The number of urea groups is 1. The second-order valence-electron chi connectivity index (χ2n) is 15.3. The number of benzene rings is 2. The highest BCUT2D eigenvalue weighted by molar-refractivity contribution is 7.89. The number of nitrogens with zero attached hydrogens (tertiary/aromatic N) is 6. The fraction of sp³-hybridized carbons (Fsp3) is 0.553. The van der Waals surface area contributed by atoms with Crippen molar-refractivity contribution in [2.45, 2.75) is 94.8 Å². The minimum Gasteiger partial charge on any atom is -0.488 e. The number of carbonyl (C=O) groups is 3. The molecule has 1 aromatic heterocycles. The summed E-state index contributed by atoms with van der Waals surface area (Å²) in [7, 11) is -2.01. The van der Waals surface area contributed by atoms with E-state index in [-0.39, 0.29) is 53.8 Å². The first-order valence-electron chi connectivity index (χ1n) is 18.7. The fourth-order valence-corrected chi connectivity index (χ4v) is 8.84. The minimum atomic E-state index is -3.87. The van der Waals surface area contributed by atoms with Gasteiger partial charge in [0.25, 0.3) is 0 Å². The van der Waals surface area contributed by atoms with Crippen LogP contribution in [0.25, 0.3) is 10.9 Å². The van der Waals surface area contributed by atoms with Crippen LogP contribution in [-0.4, -0.2) is 102 Å². The Kier molecular flexibility index (Phi) is 11.5. The van der Waals surface area contributed by atoms with Gasteiger partial charge in [-0.15, -0.1) is 0 Å². The van der Waals surface area contributed by atoms with Gasteiger partial charge in [-0.25, -0.2) is 18.0 Å². The average Bonchev–Trinajstić information content (AvgIpc) is 3.45. The van der Waals surface area contributed by atoms with Crippen LogP contribution in [0.5, 0.6) is 5.75 Å². The maximum atomic E-state index is 13.7. The van der Waals surface area contributed by atoms with Gasteiger partial charge < -0.3 is 14.8 Å². The van der Waals surface area contributed by atoms with Crippen molar-refractivity contribution in [1.82, 2.24) is 29.6 Å². The molecule has 3 aliphatic heterocycles. The molecule has 16 heteroatoms. The lowest BCUT2D eigenvalue weighted by Gasteiger charge is -2.34. The van der Waals surface area contributed by atoms with Gasteiger partial charge in [0.05, 0.1) is 16.0 Å². The number of imide groups is 1. The molecular weight excluding hydrogens is 713 g/mol. The van der Waals surface area contributed by atoms with Crippen molar-refractivity contribution in [2.75, 3.05) is 44.2 Å². The number of aryl methyl sites for hydroxylation is 1. The third-order valence-electron chi connectivity index (χ3n) is 10.3. The lowest BCUT2D eigenvalue weighted by atomic mass is 9.89. The van der Waals surface area contributed by atoms with Crippen molar-refractivity contribution in [1.29, 1.82) is 5.26 Å². The molecule has 54 heavy (non-hydrogen) atoms. The van der Waals surface area contributed by atoms with Crippen LogP contribution < -0.4 is 20.3 Å². The van der Waals surface area contributed by atoms with Crippen molar-refractivity contribution in [3.8, 4) is 11.8 Å². The van der Waals surface area contributed by atoms with Crippen molar-refractivity contribution in [3.63, 3.8) is 0 Å². The highest BCUT2D eigenvalue weighted by Gasteiger charge is 2.33. The fourth-order valence-electron chi connectivity index (χ4n) is 7.36. The number of hydrogen-bond donors (Lipinski definition) is 2. The number of aromatic nitrogens is 2. The highest BCUT2D eigenvalue weighted by Crippen LogP contribution is 2.34. The quantitative estimate of drug-likeness (QED) is 0.297. The molecule has 0 radical (unpaired) electrons. The monoisotopic (exact) mass is 762 g/mol. The van der Waals surface area contributed by atoms with Gasteiger partial charge >= 0.3 is 12.1 Å². The van der Waals surface area contributed by atoms with Crippen LogP contribution in [0.2, 0.25) is 0 Å². The first kappa shape index (κ1) is 39.0. The molecular formula is C38H50N8O7S. The molecule has 15 nitrogen and oxygen atoms in total. The second kappa shape index (κ2) is 15.9. The molecule has 1 unspecified atom stereocenters. The number of nitriles is 1. The van der Waals surface area contributed by atoms with E-state index in [1.807, 2.05) is 20.0 Å². The molecule has 0 spiro atoms. The number of fused-ring (bicyclic) bond motifs is 1. The molecule has 1 atom stereocenters. The number of alkyl carbamates (subject to hydrolysis) is 1. The van der Waals surface area contributed by atoms with E-state index in [9.17, 15) is 28.1 Å². The summed E-state index contributed by atoms with van der Waals surface area (Å²) in [6.45, 7) is 10.5. The van der Waals surface area contributed by atoms with Crippen LogP contribution >= 0.6 is 0 Å². The predicted molar refractivity (Wildman–Crippen MR) is 202 cm³/mol. The van der Waals surface area contributed by atoms with Crippen molar-refractivity contribution in [3.05, 3.63) is 47.5 Å². The van der Waals surface area contributed by atoms with Gasteiger partial charge in [-0.1, -0.05) is 13.0 Å². The summed E-state index contributed by atoms with van der Waals surface area (Å²) >= 11 is 0. The van der Waals surface area contributed by atoms with Gasteiger partial charge in [0.1, 0.15) is 23.5 Å². The average molecular weight is 763 g/mol. The molecule has 2 N–H and O–H groups in total. The number of anilines is 1. The SMILES string of the molecule is CCC(CN1CCC(c2ccc3c(N4CCC(=O)NC4=O)nn(C)c3c2)CC1)Oc1cc(S(=O)(=O)N2CCC(NC(=O)OC(C)(C)C)CC2)ccc1C#N. The van der Waals surface area contributed by atoms with E-state index in [0.29, 0.717) is 44.1 Å². The van der Waals surface area contributed by atoms with E-state index in [1.165, 1.54) is 33.0 Å². The molecule has 3 aromatic rings. The van der Waals surface area contributed by atoms with Gasteiger partial charge in [-0.2, -0.15) is 14.7 Å². The Balaban J connectivity index is 1.05. The summed E-state index contributed by atoms with van der Waals surface area (Å²) in [5.41, 5.74) is 1.78. The summed E-state index contributed by atoms with van der Waals surface area (Å²) in [6, 6.07) is 12.2. The highest BCUT2D eigenvalue weighted by atomic mass is 32.2. The Labute approximate surface area is 316 Å². The number of rotatable bonds is 10. The number of piperidine rings is 2. The molecule has 3 aliphatic rings. The molecule has 290 valence electrons. The first-order chi connectivity index (χ1) is 25.6. The standard InChI is InChI=1S/C38H50N8O7S/c1-6-29(52-33-22-30(9-7-27(33)23-39)54(50,51)45-18-13-28(14-19-45)40-37(49)53-38(2,3)4)24-44-16-11-25(12-17-44)26-8-10-31-32(21-26)43(5)42-35(31)46-20-15-34(47)41-36(46)48/h7-10,21-22,25,28-29H,6,11-20,24H2,1-5H3,(H,40,49)(H,41,47,48). The van der Waals surface area contributed by atoms with Crippen LogP contribution in [0.3, 0.4) is 0 Å². The molecule has 0 aliphatic carbocycles. The zero-order chi connectivity index (χ0) is 38.8. The third-order valence-corrected chi connectivity index (χ3v) is 12.2. The second-order valence-corrected chi connectivity index (χ2v) is 17.2. The summed E-state index contributed by atoms with van der Waals surface area (Å²) in [6.07, 6.45) is 2.90. The summed E-state index contributed by atoms with van der Waals surface area (Å²) in [4.78, 5) is 40.3.